The monoisotopic (exact) mass is 269 g/mol. The molecule has 0 radical (unpaired) electrons. The van der Waals surface area contributed by atoms with Crippen molar-refractivity contribution in [2.24, 2.45) is 5.92 Å². The molecular formula is C16H31NO2. The lowest BCUT2D eigenvalue weighted by Crippen LogP contribution is -2.39. The standard InChI is InChI=1S/C16H31NO2/c1-14(2)13-18-12-11-17-9-7-16(8-10-17)19-15-5-3-4-6-15/h14-16H,3-13H2,1-2H3. The van der Waals surface area contributed by atoms with E-state index >= 15 is 0 Å². The third-order valence-corrected chi connectivity index (χ3v) is 4.22. The molecule has 2 rings (SSSR count). The molecule has 0 amide bonds. The fourth-order valence-corrected chi connectivity index (χ4v) is 3.08. The Morgan fingerprint density at radius 1 is 1.00 bits per heavy atom. The summed E-state index contributed by atoms with van der Waals surface area (Å²) in [6.45, 7) is 9.62. The van der Waals surface area contributed by atoms with Crippen LogP contribution in [0.3, 0.4) is 0 Å². The van der Waals surface area contributed by atoms with Gasteiger partial charge in [0.25, 0.3) is 0 Å². The molecule has 0 spiro atoms. The van der Waals surface area contributed by atoms with E-state index in [0.29, 0.717) is 18.1 Å². The minimum Gasteiger partial charge on any atom is -0.380 e. The van der Waals surface area contributed by atoms with Gasteiger partial charge in [0, 0.05) is 26.2 Å². The van der Waals surface area contributed by atoms with Gasteiger partial charge in [-0.1, -0.05) is 26.7 Å². The number of hydrogen-bond acceptors (Lipinski definition) is 3. The third kappa shape index (κ3) is 5.80. The fourth-order valence-electron chi connectivity index (χ4n) is 3.08. The van der Waals surface area contributed by atoms with E-state index in [1.54, 1.807) is 0 Å². The molecule has 3 nitrogen and oxygen atoms in total. The molecule has 0 atom stereocenters. The second kappa shape index (κ2) is 8.23. The Bertz CT molecular complexity index is 231. The second-order valence-corrected chi connectivity index (χ2v) is 6.55. The van der Waals surface area contributed by atoms with Crippen LogP contribution in [0.5, 0.6) is 0 Å². The summed E-state index contributed by atoms with van der Waals surface area (Å²) < 4.78 is 11.9. The van der Waals surface area contributed by atoms with Crippen molar-refractivity contribution in [1.82, 2.24) is 4.90 Å². The van der Waals surface area contributed by atoms with Crippen molar-refractivity contribution >= 4 is 0 Å². The van der Waals surface area contributed by atoms with Crippen molar-refractivity contribution in [3.63, 3.8) is 0 Å². The summed E-state index contributed by atoms with van der Waals surface area (Å²) in [5.41, 5.74) is 0. The lowest BCUT2D eigenvalue weighted by molar-refractivity contribution is -0.0420. The van der Waals surface area contributed by atoms with E-state index in [9.17, 15) is 0 Å². The van der Waals surface area contributed by atoms with Crippen LogP contribution in [-0.4, -0.2) is 50.0 Å². The molecule has 1 saturated heterocycles. The number of hydrogen-bond donors (Lipinski definition) is 0. The number of ether oxygens (including phenoxy) is 2. The Hall–Kier alpha value is -0.120. The molecule has 3 heteroatoms. The van der Waals surface area contributed by atoms with Crippen LogP contribution in [0.1, 0.15) is 52.4 Å². The van der Waals surface area contributed by atoms with Crippen LogP contribution in [0.4, 0.5) is 0 Å². The summed E-state index contributed by atoms with van der Waals surface area (Å²) in [6, 6.07) is 0. The first-order valence-electron chi connectivity index (χ1n) is 8.19. The van der Waals surface area contributed by atoms with Crippen LogP contribution >= 0.6 is 0 Å². The van der Waals surface area contributed by atoms with Crippen LogP contribution in [0.2, 0.25) is 0 Å². The minimum absolute atomic E-state index is 0.524. The molecule has 0 aromatic heterocycles. The summed E-state index contributed by atoms with van der Waals surface area (Å²) >= 11 is 0. The van der Waals surface area contributed by atoms with E-state index in [0.717, 1.165) is 19.8 Å². The Balaban J connectivity index is 1.52. The fraction of sp³-hybridized carbons (Fsp3) is 1.00. The van der Waals surface area contributed by atoms with Gasteiger partial charge in [0.1, 0.15) is 0 Å². The molecule has 0 N–H and O–H groups in total. The van der Waals surface area contributed by atoms with Gasteiger partial charge in [-0.2, -0.15) is 0 Å². The summed E-state index contributed by atoms with van der Waals surface area (Å²) in [6.07, 6.45) is 8.85. The molecule has 19 heavy (non-hydrogen) atoms. The maximum atomic E-state index is 6.20. The molecule has 0 unspecified atom stereocenters. The molecular weight excluding hydrogens is 238 g/mol. The van der Waals surface area contributed by atoms with Gasteiger partial charge >= 0.3 is 0 Å². The van der Waals surface area contributed by atoms with Crippen LogP contribution in [0.15, 0.2) is 0 Å². The summed E-state index contributed by atoms with van der Waals surface area (Å²) in [7, 11) is 0. The molecule has 2 fully saturated rings. The Morgan fingerprint density at radius 2 is 1.63 bits per heavy atom. The molecule has 0 aromatic rings. The summed E-state index contributed by atoms with van der Waals surface area (Å²) in [5.74, 6) is 0.644. The van der Waals surface area contributed by atoms with Crippen molar-refractivity contribution in [1.29, 1.82) is 0 Å². The zero-order chi connectivity index (χ0) is 13.5. The quantitative estimate of drug-likeness (QED) is 0.663. The smallest absolute Gasteiger partial charge is 0.0603 e. The normalized spacial score (nSPS) is 23.5. The average Bonchev–Trinajstić information content (AvgIpc) is 2.89. The van der Waals surface area contributed by atoms with Crippen LogP contribution < -0.4 is 0 Å². The maximum absolute atomic E-state index is 6.20. The van der Waals surface area contributed by atoms with Crippen LogP contribution in [-0.2, 0) is 9.47 Å². The first kappa shape index (κ1) is 15.3. The minimum atomic E-state index is 0.524. The molecule has 2 aliphatic rings. The highest BCUT2D eigenvalue weighted by Crippen LogP contribution is 2.25. The van der Waals surface area contributed by atoms with Crippen LogP contribution in [0, 0.1) is 5.92 Å². The van der Waals surface area contributed by atoms with Gasteiger partial charge < -0.3 is 14.4 Å². The molecule has 1 heterocycles. The van der Waals surface area contributed by atoms with E-state index in [4.69, 9.17) is 9.47 Å². The Labute approximate surface area is 118 Å². The van der Waals surface area contributed by atoms with Crippen molar-refractivity contribution < 1.29 is 9.47 Å². The van der Waals surface area contributed by atoms with Crippen molar-refractivity contribution in [2.75, 3.05) is 32.8 Å². The molecule has 1 saturated carbocycles. The highest BCUT2D eigenvalue weighted by molar-refractivity contribution is 4.76. The lowest BCUT2D eigenvalue weighted by atomic mass is 10.1. The number of likely N-dealkylation sites (tertiary alicyclic amines) is 1. The van der Waals surface area contributed by atoms with Gasteiger partial charge in [0.15, 0.2) is 0 Å². The highest BCUT2D eigenvalue weighted by Gasteiger charge is 2.24. The van der Waals surface area contributed by atoms with Gasteiger partial charge in [-0.3, -0.25) is 0 Å². The maximum Gasteiger partial charge on any atom is 0.0603 e. The van der Waals surface area contributed by atoms with E-state index < -0.39 is 0 Å². The van der Waals surface area contributed by atoms with Crippen molar-refractivity contribution in [3.8, 4) is 0 Å². The Morgan fingerprint density at radius 3 is 2.26 bits per heavy atom. The molecule has 1 aliphatic carbocycles. The summed E-state index contributed by atoms with van der Waals surface area (Å²) in [4.78, 5) is 2.52. The second-order valence-electron chi connectivity index (χ2n) is 6.55. The topological polar surface area (TPSA) is 21.7 Å². The first-order chi connectivity index (χ1) is 9.24. The van der Waals surface area contributed by atoms with Gasteiger partial charge in [-0.05, 0) is 31.6 Å². The van der Waals surface area contributed by atoms with E-state index in [-0.39, 0.29) is 0 Å². The molecule has 0 bridgehead atoms. The van der Waals surface area contributed by atoms with Crippen molar-refractivity contribution in [2.45, 2.75) is 64.6 Å². The van der Waals surface area contributed by atoms with Gasteiger partial charge in [0.2, 0.25) is 0 Å². The zero-order valence-corrected chi connectivity index (χ0v) is 12.8. The number of piperidine rings is 1. The van der Waals surface area contributed by atoms with Gasteiger partial charge in [0.05, 0.1) is 18.8 Å². The molecule has 1 aliphatic heterocycles. The average molecular weight is 269 g/mol. The van der Waals surface area contributed by atoms with Crippen LogP contribution in [0.25, 0.3) is 0 Å². The van der Waals surface area contributed by atoms with E-state index in [2.05, 4.69) is 18.7 Å². The van der Waals surface area contributed by atoms with Gasteiger partial charge in [-0.15, -0.1) is 0 Å². The van der Waals surface area contributed by atoms with E-state index in [1.807, 2.05) is 0 Å². The van der Waals surface area contributed by atoms with Gasteiger partial charge in [-0.25, -0.2) is 0 Å². The van der Waals surface area contributed by atoms with E-state index in [1.165, 1.54) is 51.6 Å². The predicted molar refractivity (Wildman–Crippen MR) is 78.5 cm³/mol. The number of nitrogens with zero attached hydrogens (tertiary/aromatic N) is 1. The summed E-state index contributed by atoms with van der Waals surface area (Å²) in [5, 5.41) is 0. The molecule has 112 valence electrons. The Kier molecular flexibility index (Phi) is 6.62. The largest absolute Gasteiger partial charge is 0.380 e. The lowest BCUT2D eigenvalue weighted by Gasteiger charge is -2.33. The molecule has 0 aromatic carbocycles. The van der Waals surface area contributed by atoms with Crippen molar-refractivity contribution in [3.05, 3.63) is 0 Å². The SMILES string of the molecule is CC(C)COCCN1CCC(OC2CCCC2)CC1. The zero-order valence-electron chi connectivity index (χ0n) is 12.8. The predicted octanol–water partition coefficient (Wildman–Crippen LogP) is 3.08. The third-order valence-electron chi connectivity index (χ3n) is 4.22. The first-order valence-corrected chi connectivity index (χ1v) is 8.19. The highest BCUT2D eigenvalue weighted by atomic mass is 16.5. The number of rotatable bonds is 7.